The van der Waals surface area contributed by atoms with Crippen LogP contribution in [-0.4, -0.2) is 26.5 Å². The summed E-state index contributed by atoms with van der Waals surface area (Å²) in [5, 5.41) is 8.58. The van der Waals surface area contributed by atoms with Gasteiger partial charge in [-0.3, -0.25) is 4.79 Å². The van der Waals surface area contributed by atoms with E-state index in [1.165, 1.54) is 0 Å². The first-order valence-corrected chi connectivity index (χ1v) is 7.07. The smallest absolute Gasteiger partial charge is 0.166 e. The average Bonchev–Trinajstić information content (AvgIpc) is 2.40. The number of rotatable bonds is 5. The zero-order chi connectivity index (χ0) is 15.4. The van der Waals surface area contributed by atoms with Crippen LogP contribution in [0.25, 0.3) is 0 Å². The monoisotopic (exact) mass is 338 g/mol. The lowest BCUT2D eigenvalue weighted by Crippen LogP contribution is -2.26. The number of halogens is 1. The summed E-state index contributed by atoms with van der Waals surface area (Å²) in [4.78, 5) is 13.5. The molecule has 0 amide bonds. The Kier molecular flexibility index (Phi) is 5.58. The molecule has 4 nitrogen and oxygen atoms in total. The lowest BCUT2D eigenvalue weighted by molar-refractivity contribution is -0.116. The number of ketones is 1. The summed E-state index contributed by atoms with van der Waals surface area (Å²) in [7, 11) is 3.46. The van der Waals surface area contributed by atoms with Crippen LogP contribution >= 0.6 is 15.9 Å². The van der Waals surface area contributed by atoms with Crippen LogP contribution in [0.15, 0.2) is 4.47 Å². The van der Waals surface area contributed by atoms with Gasteiger partial charge < -0.3 is 9.64 Å². The molecule has 1 rings (SSSR count). The third-order valence-electron chi connectivity index (χ3n) is 3.41. The van der Waals surface area contributed by atoms with Crippen LogP contribution in [0.4, 0.5) is 5.69 Å². The number of carbonyl (C=O) groups is 1. The minimum Gasteiger partial charge on any atom is -0.494 e. The molecule has 0 spiro atoms. The standard InChI is InChI=1S/C15H19BrN2O2/c1-9-10(2)15(20-5)14(11(3)13(9)16)18(4)8-12(19)6-7-17/h6,8H2,1-5H3. The molecule has 0 aliphatic rings. The summed E-state index contributed by atoms with van der Waals surface area (Å²) >= 11 is 3.59. The molecule has 0 N–H and O–H groups in total. The van der Waals surface area contributed by atoms with Crippen molar-refractivity contribution in [1.82, 2.24) is 0 Å². The van der Waals surface area contributed by atoms with Gasteiger partial charge in [-0.05, 0) is 37.5 Å². The molecule has 0 bridgehead atoms. The fourth-order valence-corrected chi connectivity index (χ4v) is 2.75. The Morgan fingerprint density at radius 2 is 1.90 bits per heavy atom. The summed E-state index contributed by atoms with van der Waals surface area (Å²) in [6.07, 6.45) is -0.0717. The number of carbonyl (C=O) groups excluding carboxylic acids is 1. The molecule has 0 unspecified atom stereocenters. The molecule has 0 saturated heterocycles. The molecule has 0 heterocycles. The van der Waals surface area contributed by atoms with Gasteiger partial charge in [0.2, 0.25) is 0 Å². The van der Waals surface area contributed by atoms with E-state index in [9.17, 15) is 4.79 Å². The van der Waals surface area contributed by atoms with Crippen molar-refractivity contribution in [2.45, 2.75) is 27.2 Å². The molecule has 0 atom stereocenters. The zero-order valence-electron chi connectivity index (χ0n) is 12.5. The number of Topliss-reactive ketones (excluding diaryl/α,β-unsaturated/α-hetero) is 1. The molecule has 1 aromatic rings. The largest absolute Gasteiger partial charge is 0.494 e. The van der Waals surface area contributed by atoms with Crippen molar-refractivity contribution < 1.29 is 9.53 Å². The van der Waals surface area contributed by atoms with Gasteiger partial charge in [-0.25, -0.2) is 0 Å². The Hall–Kier alpha value is -1.54. The van der Waals surface area contributed by atoms with E-state index < -0.39 is 0 Å². The van der Waals surface area contributed by atoms with Gasteiger partial charge in [-0.15, -0.1) is 0 Å². The van der Waals surface area contributed by atoms with Crippen LogP contribution in [0.1, 0.15) is 23.1 Å². The Morgan fingerprint density at radius 1 is 1.30 bits per heavy atom. The lowest BCUT2D eigenvalue weighted by atomic mass is 10.0. The van der Waals surface area contributed by atoms with E-state index >= 15 is 0 Å². The fourth-order valence-electron chi connectivity index (χ4n) is 2.27. The third kappa shape index (κ3) is 3.13. The van der Waals surface area contributed by atoms with E-state index in [1.54, 1.807) is 7.11 Å². The second-order valence-corrected chi connectivity index (χ2v) is 5.59. The SMILES string of the molecule is COc1c(C)c(C)c(Br)c(C)c1N(C)CC(=O)CC#N. The first kappa shape index (κ1) is 16.5. The van der Waals surface area contributed by atoms with Gasteiger partial charge in [0.1, 0.15) is 5.75 Å². The van der Waals surface area contributed by atoms with E-state index in [1.807, 2.05) is 38.8 Å². The van der Waals surface area contributed by atoms with Crippen molar-refractivity contribution in [3.8, 4) is 11.8 Å². The first-order chi connectivity index (χ1) is 9.34. The molecule has 0 fully saturated rings. The molecule has 0 aliphatic heterocycles. The molecule has 5 heteroatoms. The van der Waals surface area contributed by atoms with E-state index in [0.29, 0.717) is 0 Å². The third-order valence-corrected chi connectivity index (χ3v) is 4.60. The summed E-state index contributed by atoms with van der Waals surface area (Å²) in [5.41, 5.74) is 4.07. The Labute approximate surface area is 128 Å². The summed E-state index contributed by atoms with van der Waals surface area (Å²) < 4.78 is 6.54. The Morgan fingerprint density at radius 3 is 2.40 bits per heavy atom. The van der Waals surface area contributed by atoms with Crippen molar-refractivity contribution in [3.05, 3.63) is 21.2 Å². The van der Waals surface area contributed by atoms with Gasteiger partial charge in [0.05, 0.1) is 31.8 Å². The maximum Gasteiger partial charge on any atom is 0.166 e. The Bertz CT molecular complexity index is 576. The van der Waals surface area contributed by atoms with Crippen LogP contribution < -0.4 is 9.64 Å². The zero-order valence-corrected chi connectivity index (χ0v) is 14.1. The summed E-state index contributed by atoms with van der Waals surface area (Å²) in [5.74, 6) is 0.668. The van der Waals surface area contributed by atoms with E-state index in [4.69, 9.17) is 10.00 Å². The number of methoxy groups -OCH3 is 1. The van der Waals surface area contributed by atoms with Crippen molar-refractivity contribution in [1.29, 1.82) is 5.26 Å². The van der Waals surface area contributed by atoms with Crippen molar-refractivity contribution in [2.24, 2.45) is 0 Å². The summed E-state index contributed by atoms with van der Waals surface area (Å²) in [6.45, 7) is 6.20. The Balaban J connectivity index is 3.30. The highest BCUT2D eigenvalue weighted by atomic mass is 79.9. The van der Waals surface area contributed by atoms with Gasteiger partial charge in [-0.1, -0.05) is 15.9 Å². The number of nitriles is 1. The first-order valence-electron chi connectivity index (χ1n) is 6.28. The van der Waals surface area contributed by atoms with Crippen LogP contribution in [0.3, 0.4) is 0 Å². The van der Waals surface area contributed by atoms with Crippen LogP contribution in [0, 0.1) is 32.1 Å². The highest BCUT2D eigenvalue weighted by Crippen LogP contribution is 2.41. The highest BCUT2D eigenvalue weighted by molar-refractivity contribution is 9.10. The van der Waals surface area contributed by atoms with Crippen molar-refractivity contribution in [2.75, 3.05) is 25.6 Å². The van der Waals surface area contributed by atoms with E-state index in [0.717, 1.165) is 32.6 Å². The van der Waals surface area contributed by atoms with Gasteiger partial charge in [-0.2, -0.15) is 5.26 Å². The van der Waals surface area contributed by atoms with Crippen LogP contribution in [0.2, 0.25) is 0 Å². The van der Waals surface area contributed by atoms with Gasteiger partial charge in [0, 0.05) is 11.5 Å². The number of benzene rings is 1. The number of likely N-dealkylation sites (N-methyl/N-ethyl adjacent to an activating group) is 1. The molecular formula is C15H19BrN2O2. The minimum atomic E-state index is -0.106. The number of hydrogen-bond acceptors (Lipinski definition) is 4. The van der Waals surface area contributed by atoms with Crippen LogP contribution in [0.5, 0.6) is 5.75 Å². The molecule has 0 radical (unpaired) electrons. The lowest BCUT2D eigenvalue weighted by Gasteiger charge is -2.26. The second kappa shape index (κ2) is 6.76. The number of hydrogen-bond donors (Lipinski definition) is 0. The fraction of sp³-hybridized carbons (Fsp3) is 0.467. The minimum absolute atomic E-state index is 0.0717. The quantitative estimate of drug-likeness (QED) is 0.826. The van der Waals surface area contributed by atoms with Crippen molar-refractivity contribution in [3.63, 3.8) is 0 Å². The van der Waals surface area contributed by atoms with Gasteiger partial charge >= 0.3 is 0 Å². The number of nitrogens with zero attached hydrogens (tertiary/aromatic N) is 2. The molecule has 0 aliphatic carbocycles. The molecule has 108 valence electrons. The predicted octanol–water partition coefficient (Wildman–Crippen LogP) is 3.30. The highest BCUT2D eigenvalue weighted by Gasteiger charge is 2.20. The van der Waals surface area contributed by atoms with E-state index in [2.05, 4.69) is 15.9 Å². The maximum absolute atomic E-state index is 11.7. The number of anilines is 1. The topological polar surface area (TPSA) is 53.3 Å². The van der Waals surface area contributed by atoms with E-state index in [-0.39, 0.29) is 18.7 Å². The maximum atomic E-state index is 11.7. The molecular weight excluding hydrogens is 320 g/mol. The molecule has 0 saturated carbocycles. The molecule has 0 aromatic heterocycles. The van der Waals surface area contributed by atoms with Crippen molar-refractivity contribution >= 4 is 27.4 Å². The van der Waals surface area contributed by atoms with Gasteiger partial charge in [0.15, 0.2) is 5.78 Å². The molecule has 20 heavy (non-hydrogen) atoms. The number of ether oxygens (including phenoxy) is 1. The van der Waals surface area contributed by atoms with Crippen LogP contribution in [-0.2, 0) is 4.79 Å². The van der Waals surface area contributed by atoms with Gasteiger partial charge in [0.25, 0.3) is 0 Å². The molecule has 1 aromatic carbocycles. The normalized spacial score (nSPS) is 10.1. The predicted molar refractivity (Wildman–Crippen MR) is 83.4 cm³/mol. The average molecular weight is 339 g/mol. The second-order valence-electron chi connectivity index (χ2n) is 4.80. The summed E-state index contributed by atoms with van der Waals surface area (Å²) in [6, 6.07) is 1.88.